The maximum atomic E-state index is 14.1. The monoisotopic (exact) mass is 410 g/mol. The van der Waals surface area contributed by atoms with Crippen LogP contribution in [0.2, 0.25) is 0 Å². The molecular weight excluding hydrogens is 391 g/mol. The van der Waals surface area contributed by atoms with E-state index in [4.69, 9.17) is 14.2 Å². The number of aliphatic hydroxyl groups is 3. The van der Waals surface area contributed by atoms with Crippen LogP contribution in [0.5, 0.6) is 11.9 Å². The molecule has 0 unspecified atom stereocenters. The van der Waals surface area contributed by atoms with Crippen LogP contribution in [0.1, 0.15) is 5.56 Å². The van der Waals surface area contributed by atoms with Crippen LogP contribution in [0.3, 0.4) is 0 Å². The topological polar surface area (TPSA) is 140 Å². The van der Waals surface area contributed by atoms with Crippen molar-refractivity contribution >= 4 is 5.97 Å². The highest BCUT2D eigenvalue weighted by Gasteiger charge is 2.48. The molecule has 0 bridgehead atoms. The van der Waals surface area contributed by atoms with Gasteiger partial charge in [-0.15, -0.1) is 0 Å². The molecule has 3 N–H and O–H groups in total. The summed E-state index contributed by atoms with van der Waals surface area (Å²) in [6, 6.07) is 8.89. The predicted octanol–water partition coefficient (Wildman–Crippen LogP) is -0.446. The zero-order chi connectivity index (χ0) is 21.0. The third-order valence-electron chi connectivity index (χ3n) is 4.13. The highest BCUT2D eigenvalue weighted by molar-refractivity contribution is 5.75. The minimum absolute atomic E-state index is 0.115. The molecule has 156 valence electrons. The van der Waals surface area contributed by atoms with Crippen molar-refractivity contribution in [2.75, 3.05) is 7.11 Å². The van der Waals surface area contributed by atoms with Gasteiger partial charge in [-0.2, -0.15) is 9.37 Å². The molecule has 0 radical (unpaired) electrons. The molecule has 0 aliphatic carbocycles. The Morgan fingerprint density at radius 2 is 1.90 bits per heavy atom. The zero-order valence-corrected chi connectivity index (χ0v) is 15.2. The number of aliphatic hydroxyl groups excluding tert-OH is 3. The molecule has 0 spiro atoms. The van der Waals surface area contributed by atoms with Crippen LogP contribution in [0.15, 0.2) is 36.5 Å². The van der Waals surface area contributed by atoms with Crippen LogP contribution in [-0.2, 0) is 20.9 Å². The first kappa shape index (κ1) is 20.9. The van der Waals surface area contributed by atoms with Crippen molar-refractivity contribution in [3.63, 3.8) is 0 Å². The molecule has 1 aliphatic heterocycles. The molecular formula is C18H19FN2O8. The minimum atomic E-state index is -1.81. The Bertz CT molecular complexity index is 840. The lowest BCUT2D eigenvalue weighted by Crippen LogP contribution is -2.61. The van der Waals surface area contributed by atoms with Gasteiger partial charge in [-0.05, 0) is 5.56 Å². The fourth-order valence-electron chi connectivity index (χ4n) is 2.58. The third kappa shape index (κ3) is 4.77. The Morgan fingerprint density at radius 3 is 2.59 bits per heavy atom. The molecule has 29 heavy (non-hydrogen) atoms. The summed E-state index contributed by atoms with van der Waals surface area (Å²) in [5, 5.41) is 29.8. The second-order valence-electron chi connectivity index (χ2n) is 6.12. The van der Waals surface area contributed by atoms with Crippen molar-refractivity contribution < 1.29 is 43.5 Å². The summed E-state index contributed by atoms with van der Waals surface area (Å²) in [5.41, 5.74) is 0.826. The van der Waals surface area contributed by atoms with E-state index in [1.807, 2.05) is 30.3 Å². The molecule has 10 nitrogen and oxygen atoms in total. The van der Waals surface area contributed by atoms with Crippen LogP contribution in [-0.4, -0.2) is 69.1 Å². The summed E-state index contributed by atoms with van der Waals surface area (Å²) in [5.74, 6) is -2.64. The van der Waals surface area contributed by atoms with Gasteiger partial charge in [-0.1, -0.05) is 30.3 Å². The second-order valence-corrected chi connectivity index (χ2v) is 6.12. The molecule has 1 aliphatic rings. The van der Waals surface area contributed by atoms with Crippen LogP contribution in [0.4, 0.5) is 4.39 Å². The van der Waals surface area contributed by atoms with Crippen molar-refractivity contribution in [2.45, 2.75) is 37.3 Å². The number of halogens is 1. The molecule has 2 aromatic rings. The molecule has 5 atom stereocenters. The van der Waals surface area contributed by atoms with E-state index in [2.05, 4.69) is 14.7 Å². The summed E-state index contributed by atoms with van der Waals surface area (Å²) in [4.78, 5) is 19.2. The van der Waals surface area contributed by atoms with Gasteiger partial charge >= 0.3 is 12.0 Å². The van der Waals surface area contributed by atoms with Gasteiger partial charge in [-0.3, -0.25) is 0 Å². The van der Waals surface area contributed by atoms with Crippen LogP contribution < -0.4 is 9.47 Å². The average molecular weight is 410 g/mol. The van der Waals surface area contributed by atoms with Crippen molar-refractivity contribution in [2.24, 2.45) is 0 Å². The zero-order valence-electron chi connectivity index (χ0n) is 15.2. The molecule has 1 aromatic heterocycles. The molecule has 0 saturated carbocycles. The maximum Gasteiger partial charge on any atom is 0.337 e. The summed E-state index contributed by atoms with van der Waals surface area (Å²) >= 11 is 0. The summed E-state index contributed by atoms with van der Waals surface area (Å²) in [7, 11) is 1.05. The van der Waals surface area contributed by atoms with Gasteiger partial charge in [0.2, 0.25) is 12.1 Å². The minimum Gasteiger partial charge on any atom is -0.467 e. The van der Waals surface area contributed by atoms with Gasteiger partial charge in [0.25, 0.3) is 5.88 Å². The molecule has 1 saturated heterocycles. The first-order valence-corrected chi connectivity index (χ1v) is 8.54. The number of esters is 1. The van der Waals surface area contributed by atoms with Crippen LogP contribution in [0, 0.1) is 5.82 Å². The number of hydrogen-bond donors (Lipinski definition) is 3. The molecule has 1 aromatic carbocycles. The maximum absolute atomic E-state index is 14.1. The van der Waals surface area contributed by atoms with Crippen molar-refractivity contribution in [3.8, 4) is 11.9 Å². The number of nitrogens with zero attached hydrogens (tertiary/aromatic N) is 2. The van der Waals surface area contributed by atoms with Gasteiger partial charge in [0.1, 0.15) is 24.9 Å². The van der Waals surface area contributed by atoms with E-state index in [1.165, 1.54) is 0 Å². The van der Waals surface area contributed by atoms with Gasteiger partial charge in [0.15, 0.2) is 6.10 Å². The van der Waals surface area contributed by atoms with Gasteiger partial charge < -0.3 is 34.3 Å². The van der Waals surface area contributed by atoms with E-state index in [9.17, 15) is 24.5 Å². The van der Waals surface area contributed by atoms with Gasteiger partial charge in [0.05, 0.1) is 13.3 Å². The van der Waals surface area contributed by atoms with E-state index < -0.39 is 48.4 Å². The van der Waals surface area contributed by atoms with Gasteiger partial charge in [0, 0.05) is 0 Å². The van der Waals surface area contributed by atoms with E-state index in [0.29, 0.717) is 0 Å². The Hall–Kier alpha value is -2.86. The van der Waals surface area contributed by atoms with E-state index >= 15 is 0 Å². The Balaban J connectivity index is 1.73. The highest BCUT2D eigenvalue weighted by Crippen LogP contribution is 2.26. The number of ether oxygens (including phenoxy) is 4. The number of carbonyl (C=O) groups excluding carboxylic acids is 1. The van der Waals surface area contributed by atoms with E-state index in [0.717, 1.165) is 18.9 Å². The molecule has 1 fully saturated rings. The Morgan fingerprint density at radius 1 is 1.17 bits per heavy atom. The fraction of sp³-hybridized carbons (Fsp3) is 0.389. The molecule has 11 heteroatoms. The molecule has 0 amide bonds. The van der Waals surface area contributed by atoms with Crippen LogP contribution >= 0.6 is 0 Å². The first-order valence-electron chi connectivity index (χ1n) is 8.54. The van der Waals surface area contributed by atoms with Gasteiger partial charge in [-0.25, -0.2) is 9.78 Å². The molecule has 2 heterocycles. The second kappa shape index (κ2) is 9.09. The SMILES string of the molecule is COC(=O)[C@H]1O[C@@H](Oc2nc(OCc3ccccc3)ncc2F)[C@H](O)[C@@H](O)[C@@H]1O. The lowest BCUT2D eigenvalue weighted by atomic mass is 9.99. The third-order valence-corrected chi connectivity index (χ3v) is 4.13. The number of hydrogen-bond acceptors (Lipinski definition) is 10. The summed E-state index contributed by atoms with van der Waals surface area (Å²) < 4.78 is 34.2. The number of aromatic nitrogens is 2. The number of rotatable bonds is 6. The Labute approximate surface area is 164 Å². The largest absolute Gasteiger partial charge is 0.467 e. The van der Waals surface area contributed by atoms with Crippen molar-refractivity contribution in [1.29, 1.82) is 0 Å². The predicted molar refractivity (Wildman–Crippen MR) is 92.1 cm³/mol. The quantitative estimate of drug-likeness (QED) is 0.537. The van der Waals surface area contributed by atoms with Crippen molar-refractivity contribution in [1.82, 2.24) is 9.97 Å². The Kier molecular flexibility index (Phi) is 6.54. The lowest BCUT2D eigenvalue weighted by molar-refractivity contribution is -0.272. The normalized spacial score (nSPS) is 26.6. The number of benzene rings is 1. The van der Waals surface area contributed by atoms with Crippen LogP contribution in [0.25, 0.3) is 0 Å². The smallest absolute Gasteiger partial charge is 0.337 e. The van der Waals surface area contributed by atoms with E-state index in [1.54, 1.807) is 0 Å². The average Bonchev–Trinajstić information content (AvgIpc) is 2.74. The first-order chi connectivity index (χ1) is 13.9. The highest BCUT2D eigenvalue weighted by atomic mass is 19.1. The molecule has 3 rings (SSSR count). The standard InChI is InChI=1S/C18H19FN2O8/c1-26-16(25)14-12(23)11(22)13(24)17(28-14)29-15-10(19)7-20-18(21-15)27-8-9-5-3-2-4-6-9/h2-7,11-14,17,22-24H,8H2,1H3/t11-,12-,13+,14-,17-/m0/s1. The lowest BCUT2D eigenvalue weighted by Gasteiger charge is -2.38. The van der Waals surface area contributed by atoms with Crippen molar-refractivity contribution in [3.05, 3.63) is 47.9 Å². The number of carbonyl (C=O) groups is 1. The number of methoxy groups -OCH3 is 1. The van der Waals surface area contributed by atoms with E-state index in [-0.39, 0.29) is 12.6 Å². The fourth-order valence-corrected chi connectivity index (χ4v) is 2.58. The summed E-state index contributed by atoms with van der Waals surface area (Å²) in [6.45, 7) is 0.115. The summed E-state index contributed by atoms with van der Waals surface area (Å²) in [6.07, 6.45) is -7.95.